The van der Waals surface area contributed by atoms with Crippen molar-refractivity contribution in [1.82, 2.24) is 0 Å². The molecule has 17 heavy (non-hydrogen) atoms. The highest BCUT2D eigenvalue weighted by Gasteiger charge is 2.29. The summed E-state index contributed by atoms with van der Waals surface area (Å²) < 4.78 is 0. The Hall–Kier alpha value is -2.10. The molecule has 0 atom stereocenters. The molecule has 1 aliphatic heterocycles. The summed E-state index contributed by atoms with van der Waals surface area (Å²) in [6, 6.07) is 7.75. The maximum absolute atomic E-state index is 12.1. The van der Waals surface area contributed by atoms with Gasteiger partial charge in [-0.3, -0.25) is 4.79 Å². The van der Waals surface area contributed by atoms with E-state index in [0.717, 1.165) is 17.7 Å². The van der Waals surface area contributed by atoms with Gasteiger partial charge in [0.25, 0.3) is 5.91 Å². The van der Waals surface area contributed by atoms with Crippen LogP contribution in [0.2, 0.25) is 0 Å². The van der Waals surface area contributed by atoms with Gasteiger partial charge in [0.15, 0.2) is 0 Å². The van der Waals surface area contributed by atoms with Crippen molar-refractivity contribution in [2.24, 2.45) is 10.8 Å². The van der Waals surface area contributed by atoms with E-state index in [-0.39, 0.29) is 5.91 Å². The molecule has 0 fully saturated rings. The number of rotatable bonds is 2. The fourth-order valence-electron chi connectivity index (χ4n) is 1.89. The Morgan fingerprint density at radius 3 is 2.71 bits per heavy atom. The molecule has 0 bridgehead atoms. The van der Waals surface area contributed by atoms with Crippen molar-refractivity contribution < 1.29 is 4.79 Å². The summed E-state index contributed by atoms with van der Waals surface area (Å²) in [5.74, 6) is -0.161. The van der Waals surface area contributed by atoms with E-state index < -0.39 is 0 Å². The van der Waals surface area contributed by atoms with Gasteiger partial charge in [-0.1, -0.05) is 25.1 Å². The number of hydrogen-bond acceptors (Lipinski definition) is 3. The first-order valence-electron chi connectivity index (χ1n) is 5.58. The van der Waals surface area contributed by atoms with Crippen LogP contribution < -0.4 is 10.7 Å². The minimum absolute atomic E-state index is 0.161. The maximum Gasteiger partial charge on any atom is 0.282 e. The quantitative estimate of drug-likeness (QED) is 0.786. The third-order valence-electron chi connectivity index (χ3n) is 2.83. The Balaban J connectivity index is 2.46. The van der Waals surface area contributed by atoms with Gasteiger partial charge in [0.2, 0.25) is 0 Å². The predicted molar refractivity (Wildman–Crippen MR) is 68.7 cm³/mol. The number of hydrogen-bond donors (Lipinski definition) is 1. The van der Waals surface area contributed by atoms with Gasteiger partial charge in [-0.2, -0.15) is 10.1 Å². The summed E-state index contributed by atoms with van der Waals surface area (Å²) in [7, 11) is 0. The molecule has 0 radical (unpaired) electrons. The number of nitrogens with two attached hydrogens (primary N) is 1. The lowest BCUT2D eigenvalue weighted by atomic mass is 10.1. The second-order valence-corrected chi connectivity index (χ2v) is 3.86. The number of benzene rings is 1. The molecule has 2 N–H and O–H groups in total. The van der Waals surface area contributed by atoms with E-state index >= 15 is 0 Å². The van der Waals surface area contributed by atoms with Crippen molar-refractivity contribution >= 4 is 17.3 Å². The molecule has 2 rings (SSSR count). The normalized spacial score (nSPS) is 17.8. The monoisotopic (exact) mass is 229 g/mol. The summed E-state index contributed by atoms with van der Waals surface area (Å²) in [6.07, 6.45) is 2.17. The van der Waals surface area contributed by atoms with Crippen LogP contribution in [0.5, 0.6) is 0 Å². The van der Waals surface area contributed by atoms with E-state index in [9.17, 15) is 4.79 Å². The van der Waals surface area contributed by atoms with Gasteiger partial charge >= 0.3 is 0 Å². The summed E-state index contributed by atoms with van der Waals surface area (Å²) >= 11 is 0. The zero-order valence-corrected chi connectivity index (χ0v) is 9.97. The third-order valence-corrected chi connectivity index (χ3v) is 2.83. The summed E-state index contributed by atoms with van der Waals surface area (Å²) in [6.45, 7) is 3.83. The number of hydrazone groups is 1. The largest absolute Gasteiger partial charge is 0.404 e. The Bertz CT molecular complexity index is 517. The molecule has 88 valence electrons. The van der Waals surface area contributed by atoms with Crippen molar-refractivity contribution in [3.63, 3.8) is 0 Å². The lowest BCUT2D eigenvalue weighted by molar-refractivity contribution is -0.114. The Labute approximate surface area is 100 Å². The molecule has 0 saturated carbocycles. The summed E-state index contributed by atoms with van der Waals surface area (Å²) in [5.41, 5.74) is 8.48. The Kier molecular flexibility index (Phi) is 2.95. The highest BCUT2D eigenvalue weighted by Crippen LogP contribution is 2.26. The molecule has 4 heteroatoms. The summed E-state index contributed by atoms with van der Waals surface area (Å²) in [5, 5.41) is 5.68. The van der Waals surface area contributed by atoms with Crippen LogP contribution in [0.15, 0.2) is 41.1 Å². The molecular formula is C13H15N3O. The standard InChI is InChI=1S/C13H15N3O/c1-3-10-6-4-5-7-12(10)16-13(17)11(8-14)9(2)15-16/h4-8H,3,14H2,1-2H3. The molecule has 0 aromatic heterocycles. The van der Waals surface area contributed by atoms with Crippen molar-refractivity contribution in [2.45, 2.75) is 20.3 Å². The highest BCUT2D eigenvalue weighted by atomic mass is 16.2. The van der Waals surface area contributed by atoms with Crippen LogP contribution in [-0.2, 0) is 11.2 Å². The van der Waals surface area contributed by atoms with Gasteiger partial charge in [-0.25, -0.2) is 0 Å². The zero-order valence-electron chi connectivity index (χ0n) is 9.97. The minimum atomic E-state index is -0.161. The molecule has 0 aliphatic carbocycles. The van der Waals surface area contributed by atoms with Gasteiger partial charge in [0.05, 0.1) is 17.0 Å². The van der Waals surface area contributed by atoms with E-state index in [1.165, 1.54) is 11.2 Å². The molecule has 0 spiro atoms. The van der Waals surface area contributed by atoms with Crippen LogP contribution >= 0.6 is 0 Å². The van der Waals surface area contributed by atoms with Gasteiger partial charge in [-0.15, -0.1) is 0 Å². The molecule has 4 nitrogen and oxygen atoms in total. The number of carbonyl (C=O) groups excluding carboxylic acids is 1. The van der Waals surface area contributed by atoms with Crippen LogP contribution in [0.25, 0.3) is 0 Å². The number of amides is 1. The topological polar surface area (TPSA) is 58.7 Å². The van der Waals surface area contributed by atoms with Crippen LogP contribution in [0.4, 0.5) is 5.69 Å². The molecule has 0 saturated heterocycles. The van der Waals surface area contributed by atoms with Crippen molar-refractivity contribution in [3.8, 4) is 0 Å². The van der Waals surface area contributed by atoms with Gasteiger partial charge in [0.1, 0.15) is 0 Å². The van der Waals surface area contributed by atoms with Crippen molar-refractivity contribution in [1.29, 1.82) is 0 Å². The predicted octanol–water partition coefficient (Wildman–Crippen LogP) is 1.81. The number of anilines is 1. The lowest BCUT2D eigenvalue weighted by Crippen LogP contribution is -2.22. The van der Waals surface area contributed by atoms with Crippen molar-refractivity contribution in [3.05, 3.63) is 41.6 Å². The molecule has 1 heterocycles. The smallest absolute Gasteiger partial charge is 0.282 e. The highest BCUT2D eigenvalue weighted by molar-refractivity contribution is 6.29. The zero-order chi connectivity index (χ0) is 12.4. The fraction of sp³-hybridized carbons (Fsp3) is 0.231. The Morgan fingerprint density at radius 2 is 2.12 bits per heavy atom. The first kappa shape index (κ1) is 11.4. The second kappa shape index (κ2) is 4.41. The second-order valence-electron chi connectivity index (χ2n) is 3.86. The number of para-hydroxylation sites is 1. The van der Waals surface area contributed by atoms with Crippen LogP contribution in [0, 0.1) is 0 Å². The SMILES string of the molecule is CCc1ccccc1N1N=C(C)C(=CN)C1=O. The van der Waals surface area contributed by atoms with Gasteiger partial charge in [0, 0.05) is 6.20 Å². The average Bonchev–Trinajstić information content (AvgIpc) is 2.64. The minimum Gasteiger partial charge on any atom is -0.404 e. The van der Waals surface area contributed by atoms with E-state index in [2.05, 4.69) is 12.0 Å². The molecule has 1 amide bonds. The van der Waals surface area contributed by atoms with Crippen LogP contribution in [0.1, 0.15) is 19.4 Å². The van der Waals surface area contributed by atoms with E-state index in [4.69, 9.17) is 5.73 Å². The van der Waals surface area contributed by atoms with Crippen LogP contribution in [0.3, 0.4) is 0 Å². The average molecular weight is 229 g/mol. The van der Waals surface area contributed by atoms with Gasteiger partial charge < -0.3 is 5.73 Å². The first-order chi connectivity index (χ1) is 8.19. The lowest BCUT2D eigenvalue weighted by Gasteiger charge is -2.15. The molecule has 1 aliphatic rings. The van der Waals surface area contributed by atoms with Crippen LogP contribution in [-0.4, -0.2) is 11.6 Å². The first-order valence-corrected chi connectivity index (χ1v) is 5.58. The molecular weight excluding hydrogens is 214 g/mol. The van der Waals surface area contributed by atoms with E-state index in [1.807, 2.05) is 24.3 Å². The fourth-order valence-corrected chi connectivity index (χ4v) is 1.89. The van der Waals surface area contributed by atoms with E-state index in [0.29, 0.717) is 11.3 Å². The summed E-state index contributed by atoms with van der Waals surface area (Å²) in [4.78, 5) is 12.1. The maximum atomic E-state index is 12.1. The number of aryl methyl sites for hydroxylation is 1. The molecule has 1 aromatic carbocycles. The molecule has 0 unspecified atom stereocenters. The molecule has 1 aromatic rings. The van der Waals surface area contributed by atoms with E-state index in [1.54, 1.807) is 6.92 Å². The number of nitrogens with zero attached hydrogens (tertiary/aromatic N) is 2. The Morgan fingerprint density at radius 1 is 1.41 bits per heavy atom. The third kappa shape index (κ3) is 1.82. The van der Waals surface area contributed by atoms with Crippen molar-refractivity contribution in [2.75, 3.05) is 5.01 Å². The number of carbonyl (C=O) groups is 1. The van der Waals surface area contributed by atoms with Gasteiger partial charge in [-0.05, 0) is 25.0 Å².